The third kappa shape index (κ3) is 5.06. The maximum absolute atomic E-state index is 13.0. The maximum Gasteiger partial charge on any atom is 0.243 e. The highest BCUT2D eigenvalue weighted by Crippen LogP contribution is 2.29. The molecule has 1 saturated heterocycles. The maximum atomic E-state index is 13.0. The van der Waals surface area contributed by atoms with Gasteiger partial charge >= 0.3 is 0 Å². The van der Waals surface area contributed by atoms with Crippen LogP contribution in [-0.2, 0) is 14.8 Å². The molecule has 1 aliphatic rings. The van der Waals surface area contributed by atoms with Crippen LogP contribution in [-0.4, -0.2) is 45.4 Å². The molecule has 0 aromatic heterocycles. The fraction of sp³-hybridized carbons (Fsp3) is 0.381. The van der Waals surface area contributed by atoms with Gasteiger partial charge in [0.25, 0.3) is 0 Å². The van der Waals surface area contributed by atoms with Crippen molar-refractivity contribution in [1.29, 1.82) is 0 Å². The molecule has 30 heavy (non-hydrogen) atoms. The van der Waals surface area contributed by atoms with Crippen molar-refractivity contribution in [3.63, 3.8) is 0 Å². The van der Waals surface area contributed by atoms with Crippen LogP contribution in [0.15, 0.2) is 47.4 Å². The standard InChI is InChI=1S/C21H25ClN2O5S/c1-3-29-17-7-9-18(10-8-17)30(26,27)24-12-4-5-15(14-24)21(25)23-16-6-11-20(28-2)19(22)13-16/h6-11,13,15H,3-5,12,14H2,1-2H3,(H,23,25)/t15-/m0/s1. The number of hydrogen-bond donors (Lipinski definition) is 1. The molecule has 2 aromatic rings. The average Bonchev–Trinajstić information content (AvgIpc) is 2.74. The number of benzene rings is 2. The van der Waals surface area contributed by atoms with Crippen LogP contribution in [0.5, 0.6) is 11.5 Å². The van der Waals surface area contributed by atoms with Crippen LogP contribution >= 0.6 is 11.6 Å². The van der Waals surface area contributed by atoms with E-state index in [1.165, 1.54) is 23.5 Å². The number of amides is 1. The zero-order chi connectivity index (χ0) is 21.7. The first-order valence-electron chi connectivity index (χ1n) is 9.72. The minimum Gasteiger partial charge on any atom is -0.495 e. The normalized spacial score (nSPS) is 17.4. The van der Waals surface area contributed by atoms with Crippen molar-refractivity contribution in [1.82, 2.24) is 4.31 Å². The molecule has 1 fully saturated rings. The quantitative estimate of drug-likeness (QED) is 0.690. The Kier molecular flexibility index (Phi) is 7.23. The molecule has 0 aliphatic carbocycles. The fourth-order valence-electron chi connectivity index (χ4n) is 3.39. The molecule has 162 valence electrons. The van der Waals surface area contributed by atoms with Crippen molar-refractivity contribution >= 4 is 33.2 Å². The molecular formula is C21H25ClN2O5S. The van der Waals surface area contributed by atoms with E-state index in [-0.39, 0.29) is 17.3 Å². The summed E-state index contributed by atoms with van der Waals surface area (Å²) in [7, 11) is -2.17. The second-order valence-corrected chi connectivity index (χ2v) is 9.29. The van der Waals surface area contributed by atoms with E-state index < -0.39 is 15.9 Å². The third-order valence-corrected chi connectivity index (χ3v) is 7.12. The van der Waals surface area contributed by atoms with Crippen molar-refractivity contribution in [3.05, 3.63) is 47.5 Å². The van der Waals surface area contributed by atoms with Gasteiger partial charge in [-0.1, -0.05) is 11.6 Å². The van der Waals surface area contributed by atoms with E-state index >= 15 is 0 Å². The third-order valence-electron chi connectivity index (χ3n) is 4.95. The minimum absolute atomic E-state index is 0.130. The molecule has 1 heterocycles. The lowest BCUT2D eigenvalue weighted by atomic mass is 9.98. The van der Waals surface area contributed by atoms with E-state index in [0.29, 0.717) is 48.2 Å². The topological polar surface area (TPSA) is 84.9 Å². The Morgan fingerprint density at radius 1 is 1.23 bits per heavy atom. The number of piperidine rings is 1. The molecule has 1 N–H and O–H groups in total. The Morgan fingerprint density at radius 3 is 2.60 bits per heavy atom. The highest BCUT2D eigenvalue weighted by atomic mass is 35.5. The van der Waals surface area contributed by atoms with Gasteiger partial charge in [-0.2, -0.15) is 4.31 Å². The van der Waals surface area contributed by atoms with Crippen LogP contribution in [0.1, 0.15) is 19.8 Å². The molecule has 0 radical (unpaired) electrons. The van der Waals surface area contributed by atoms with Crippen LogP contribution in [0.3, 0.4) is 0 Å². The van der Waals surface area contributed by atoms with Gasteiger partial charge in [0.2, 0.25) is 15.9 Å². The smallest absolute Gasteiger partial charge is 0.243 e. The number of sulfonamides is 1. The molecule has 1 atom stereocenters. The average molecular weight is 453 g/mol. The predicted molar refractivity (Wildman–Crippen MR) is 116 cm³/mol. The monoisotopic (exact) mass is 452 g/mol. The minimum atomic E-state index is -3.69. The SMILES string of the molecule is CCOc1ccc(S(=O)(=O)N2CCC[C@H](C(=O)Nc3ccc(OC)c(Cl)c3)C2)cc1. The van der Waals surface area contributed by atoms with Gasteiger partial charge in [0.15, 0.2) is 0 Å². The molecule has 9 heteroatoms. The zero-order valence-electron chi connectivity index (χ0n) is 16.9. The Labute approximate surface area is 182 Å². The van der Waals surface area contributed by atoms with E-state index in [0.717, 1.165) is 0 Å². The fourth-order valence-corrected chi connectivity index (χ4v) is 5.17. The van der Waals surface area contributed by atoms with Crippen molar-refractivity contribution in [2.24, 2.45) is 5.92 Å². The molecule has 2 aromatic carbocycles. The Hall–Kier alpha value is -2.29. The lowest BCUT2D eigenvalue weighted by molar-refractivity contribution is -0.120. The number of nitrogens with zero attached hydrogens (tertiary/aromatic N) is 1. The summed E-state index contributed by atoms with van der Waals surface area (Å²) in [5.41, 5.74) is 0.539. The Bertz CT molecular complexity index is 995. The summed E-state index contributed by atoms with van der Waals surface area (Å²) in [5, 5.41) is 3.21. The Morgan fingerprint density at radius 2 is 1.97 bits per heavy atom. The molecule has 7 nitrogen and oxygen atoms in total. The number of halogens is 1. The summed E-state index contributed by atoms with van der Waals surface area (Å²) in [6, 6.07) is 11.3. The van der Waals surface area contributed by atoms with Gasteiger partial charge in [-0.15, -0.1) is 0 Å². The summed E-state index contributed by atoms with van der Waals surface area (Å²) in [6.07, 6.45) is 1.22. The van der Waals surface area contributed by atoms with E-state index in [2.05, 4.69) is 5.32 Å². The number of ether oxygens (including phenoxy) is 2. The van der Waals surface area contributed by atoms with Gasteiger partial charge in [0.05, 0.1) is 29.6 Å². The predicted octanol–water partition coefficient (Wildman–Crippen LogP) is 3.79. The summed E-state index contributed by atoms with van der Waals surface area (Å²) in [5.74, 6) is 0.449. The van der Waals surface area contributed by atoms with Gasteiger partial charge in [0, 0.05) is 18.8 Å². The Balaban J connectivity index is 1.69. The van der Waals surface area contributed by atoms with Crippen molar-refractivity contribution in [3.8, 4) is 11.5 Å². The number of anilines is 1. The van der Waals surface area contributed by atoms with E-state index in [1.54, 1.807) is 30.3 Å². The van der Waals surface area contributed by atoms with Gasteiger partial charge in [-0.3, -0.25) is 4.79 Å². The molecule has 3 rings (SSSR count). The number of nitrogens with one attached hydrogen (secondary N) is 1. The van der Waals surface area contributed by atoms with Crippen LogP contribution in [0.25, 0.3) is 0 Å². The van der Waals surface area contributed by atoms with E-state index in [9.17, 15) is 13.2 Å². The first kappa shape index (κ1) is 22.4. The molecule has 1 amide bonds. The number of hydrogen-bond acceptors (Lipinski definition) is 5. The van der Waals surface area contributed by atoms with Crippen molar-refractivity contribution < 1.29 is 22.7 Å². The van der Waals surface area contributed by atoms with Crippen LogP contribution in [0.4, 0.5) is 5.69 Å². The van der Waals surface area contributed by atoms with Crippen LogP contribution in [0.2, 0.25) is 5.02 Å². The van der Waals surface area contributed by atoms with Gasteiger partial charge in [-0.25, -0.2) is 8.42 Å². The molecular weight excluding hydrogens is 428 g/mol. The van der Waals surface area contributed by atoms with Crippen LogP contribution < -0.4 is 14.8 Å². The lowest BCUT2D eigenvalue weighted by Crippen LogP contribution is -2.43. The number of rotatable bonds is 7. The summed E-state index contributed by atoms with van der Waals surface area (Å²) < 4.78 is 37.9. The molecule has 0 saturated carbocycles. The van der Waals surface area contributed by atoms with E-state index in [1.807, 2.05) is 6.92 Å². The summed E-state index contributed by atoms with van der Waals surface area (Å²) in [4.78, 5) is 12.9. The number of methoxy groups -OCH3 is 1. The first-order chi connectivity index (χ1) is 14.3. The molecule has 0 spiro atoms. The second kappa shape index (κ2) is 9.68. The zero-order valence-corrected chi connectivity index (χ0v) is 18.5. The van der Waals surface area contributed by atoms with Crippen LogP contribution in [0, 0.1) is 5.92 Å². The number of carbonyl (C=O) groups excluding carboxylic acids is 1. The van der Waals surface area contributed by atoms with Crippen molar-refractivity contribution in [2.45, 2.75) is 24.7 Å². The second-order valence-electron chi connectivity index (χ2n) is 6.95. The van der Waals surface area contributed by atoms with Gasteiger partial charge in [-0.05, 0) is 62.2 Å². The molecule has 0 bridgehead atoms. The first-order valence-corrected chi connectivity index (χ1v) is 11.5. The van der Waals surface area contributed by atoms with E-state index in [4.69, 9.17) is 21.1 Å². The van der Waals surface area contributed by atoms with Gasteiger partial charge < -0.3 is 14.8 Å². The summed E-state index contributed by atoms with van der Waals surface area (Å²) in [6.45, 7) is 2.89. The molecule has 1 aliphatic heterocycles. The van der Waals surface area contributed by atoms with Gasteiger partial charge in [0.1, 0.15) is 11.5 Å². The highest BCUT2D eigenvalue weighted by molar-refractivity contribution is 7.89. The molecule has 0 unspecified atom stereocenters. The largest absolute Gasteiger partial charge is 0.495 e. The highest BCUT2D eigenvalue weighted by Gasteiger charge is 2.33. The lowest BCUT2D eigenvalue weighted by Gasteiger charge is -2.31. The number of carbonyl (C=O) groups is 1. The van der Waals surface area contributed by atoms with Crippen molar-refractivity contribution in [2.75, 3.05) is 32.1 Å². The summed E-state index contributed by atoms with van der Waals surface area (Å²) >= 11 is 6.11.